The molecule has 0 saturated heterocycles. The minimum Gasteiger partial charge on any atom is -0.372 e. The van der Waals surface area contributed by atoms with Gasteiger partial charge in [0, 0.05) is 6.07 Å². The number of hydrogen-bond donors (Lipinski definition) is 1. The number of nitro groups is 1. The van der Waals surface area contributed by atoms with Crippen LogP contribution in [-0.2, 0) is 6.54 Å². The summed E-state index contributed by atoms with van der Waals surface area (Å²) in [5.74, 6) is -0.153. The zero-order chi connectivity index (χ0) is 14.0. The molecule has 1 N–H and O–H groups in total. The van der Waals surface area contributed by atoms with E-state index in [4.69, 9.17) is 4.52 Å². The van der Waals surface area contributed by atoms with Crippen LogP contribution >= 0.6 is 15.9 Å². The Morgan fingerprint density at radius 3 is 2.84 bits per heavy atom. The van der Waals surface area contributed by atoms with Crippen LogP contribution in [0.4, 0.5) is 15.8 Å². The molecular formula is C11H9BrFN3O3. The molecular weight excluding hydrogens is 321 g/mol. The Labute approximate surface area is 115 Å². The molecule has 1 heterocycles. The van der Waals surface area contributed by atoms with Crippen molar-refractivity contribution in [3.8, 4) is 0 Å². The SMILES string of the molecule is Cc1cc(CNc2cc(Br)c(F)cc2[N+](=O)[O-])on1. The van der Waals surface area contributed by atoms with Gasteiger partial charge < -0.3 is 9.84 Å². The maximum absolute atomic E-state index is 13.3. The van der Waals surface area contributed by atoms with E-state index in [2.05, 4.69) is 26.4 Å². The van der Waals surface area contributed by atoms with Gasteiger partial charge in [-0.2, -0.15) is 0 Å². The van der Waals surface area contributed by atoms with Crippen molar-refractivity contribution in [3.63, 3.8) is 0 Å². The lowest BCUT2D eigenvalue weighted by Gasteiger charge is -2.06. The van der Waals surface area contributed by atoms with Gasteiger partial charge in [-0.25, -0.2) is 4.39 Å². The molecule has 2 aromatic rings. The molecule has 0 aliphatic rings. The first kappa shape index (κ1) is 13.5. The van der Waals surface area contributed by atoms with Crippen LogP contribution in [0.1, 0.15) is 11.5 Å². The van der Waals surface area contributed by atoms with Gasteiger partial charge in [0.1, 0.15) is 11.5 Å². The van der Waals surface area contributed by atoms with Gasteiger partial charge in [0.25, 0.3) is 5.69 Å². The molecule has 0 saturated carbocycles. The number of aryl methyl sites for hydroxylation is 1. The molecule has 0 atom stereocenters. The first-order chi connectivity index (χ1) is 8.97. The Morgan fingerprint density at radius 2 is 2.26 bits per heavy atom. The van der Waals surface area contributed by atoms with E-state index in [0.717, 1.165) is 6.07 Å². The smallest absolute Gasteiger partial charge is 0.295 e. The van der Waals surface area contributed by atoms with E-state index in [9.17, 15) is 14.5 Å². The van der Waals surface area contributed by atoms with Gasteiger partial charge in [-0.15, -0.1) is 0 Å². The predicted octanol–water partition coefficient (Wildman–Crippen LogP) is 3.40. The average molecular weight is 330 g/mol. The van der Waals surface area contributed by atoms with E-state index in [1.165, 1.54) is 6.07 Å². The topological polar surface area (TPSA) is 81.2 Å². The van der Waals surface area contributed by atoms with E-state index in [1.54, 1.807) is 13.0 Å². The lowest BCUT2D eigenvalue weighted by Crippen LogP contribution is -2.03. The van der Waals surface area contributed by atoms with Crippen molar-refractivity contribution in [3.05, 3.63) is 50.1 Å². The molecule has 0 radical (unpaired) electrons. The third kappa shape index (κ3) is 3.08. The number of nitro benzene ring substituents is 1. The van der Waals surface area contributed by atoms with E-state index in [1.807, 2.05) is 0 Å². The highest BCUT2D eigenvalue weighted by atomic mass is 79.9. The maximum atomic E-state index is 13.3. The number of hydrogen-bond acceptors (Lipinski definition) is 5. The van der Waals surface area contributed by atoms with Gasteiger partial charge in [-0.1, -0.05) is 5.16 Å². The number of benzene rings is 1. The summed E-state index contributed by atoms with van der Waals surface area (Å²) in [6.07, 6.45) is 0. The first-order valence-electron chi connectivity index (χ1n) is 5.27. The summed E-state index contributed by atoms with van der Waals surface area (Å²) in [4.78, 5) is 10.2. The number of aromatic nitrogens is 1. The van der Waals surface area contributed by atoms with Crippen LogP contribution in [0, 0.1) is 22.9 Å². The van der Waals surface area contributed by atoms with Crippen LogP contribution < -0.4 is 5.32 Å². The Hall–Kier alpha value is -1.96. The molecule has 6 nitrogen and oxygen atoms in total. The van der Waals surface area contributed by atoms with Crippen molar-refractivity contribution in [1.29, 1.82) is 0 Å². The fourth-order valence-electron chi connectivity index (χ4n) is 1.51. The zero-order valence-electron chi connectivity index (χ0n) is 9.81. The van der Waals surface area contributed by atoms with Gasteiger partial charge in [0.2, 0.25) is 0 Å². The highest BCUT2D eigenvalue weighted by Gasteiger charge is 2.17. The fourth-order valence-corrected chi connectivity index (χ4v) is 1.85. The number of nitrogens with one attached hydrogen (secondary N) is 1. The monoisotopic (exact) mass is 329 g/mol. The van der Waals surface area contributed by atoms with Crippen LogP contribution in [-0.4, -0.2) is 10.1 Å². The molecule has 0 aliphatic heterocycles. The van der Waals surface area contributed by atoms with Crippen LogP contribution in [0.5, 0.6) is 0 Å². The average Bonchev–Trinajstić information content (AvgIpc) is 2.76. The van der Waals surface area contributed by atoms with Gasteiger partial charge in [-0.05, 0) is 28.9 Å². The lowest BCUT2D eigenvalue weighted by atomic mass is 10.2. The van der Waals surface area contributed by atoms with Gasteiger partial charge >= 0.3 is 0 Å². The van der Waals surface area contributed by atoms with Crippen molar-refractivity contribution < 1.29 is 13.8 Å². The molecule has 8 heteroatoms. The van der Waals surface area contributed by atoms with Crippen molar-refractivity contribution in [2.24, 2.45) is 0 Å². The van der Waals surface area contributed by atoms with E-state index in [0.29, 0.717) is 11.5 Å². The summed E-state index contributed by atoms with van der Waals surface area (Å²) in [5, 5.41) is 17.4. The highest BCUT2D eigenvalue weighted by Crippen LogP contribution is 2.30. The lowest BCUT2D eigenvalue weighted by molar-refractivity contribution is -0.384. The third-order valence-corrected chi connectivity index (χ3v) is 2.97. The van der Waals surface area contributed by atoms with Crippen molar-refractivity contribution >= 4 is 27.3 Å². The van der Waals surface area contributed by atoms with Crippen LogP contribution in [0.25, 0.3) is 0 Å². The Bertz CT molecular complexity index is 630. The minimum absolute atomic E-state index is 0.148. The largest absolute Gasteiger partial charge is 0.372 e. The molecule has 1 aromatic heterocycles. The summed E-state index contributed by atoms with van der Waals surface area (Å²) in [5.41, 5.74) is 0.579. The summed E-state index contributed by atoms with van der Waals surface area (Å²) in [6, 6.07) is 3.88. The molecule has 0 amide bonds. The van der Waals surface area contributed by atoms with Gasteiger partial charge in [0.15, 0.2) is 5.76 Å². The summed E-state index contributed by atoms with van der Waals surface area (Å²) < 4.78 is 18.4. The number of halogens is 2. The molecule has 0 spiro atoms. The Kier molecular flexibility index (Phi) is 3.79. The second kappa shape index (κ2) is 5.35. The second-order valence-electron chi connectivity index (χ2n) is 3.83. The van der Waals surface area contributed by atoms with Gasteiger partial charge in [0.05, 0.1) is 27.7 Å². The normalized spacial score (nSPS) is 10.5. The molecule has 19 heavy (non-hydrogen) atoms. The van der Waals surface area contributed by atoms with Crippen molar-refractivity contribution in [1.82, 2.24) is 5.16 Å². The zero-order valence-corrected chi connectivity index (χ0v) is 11.4. The maximum Gasteiger partial charge on any atom is 0.295 e. The fraction of sp³-hybridized carbons (Fsp3) is 0.182. The molecule has 2 rings (SSSR count). The van der Waals surface area contributed by atoms with Gasteiger partial charge in [-0.3, -0.25) is 10.1 Å². The number of nitrogens with zero attached hydrogens (tertiary/aromatic N) is 2. The first-order valence-corrected chi connectivity index (χ1v) is 6.06. The molecule has 0 aliphatic carbocycles. The summed E-state index contributed by atoms with van der Waals surface area (Å²) >= 11 is 2.99. The molecule has 1 aromatic carbocycles. The van der Waals surface area contributed by atoms with Crippen LogP contribution in [0.15, 0.2) is 27.2 Å². The summed E-state index contributed by atoms with van der Waals surface area (Å²) in [6.45, 7) is 1.99. The molecule has 100 valence electrons. The van der Waals surface area contributed by atoms with E-state index in [-0.39, 0.29) is 22.4 Å². The predicted molar refractivity (Wildman–Crippen MR) is 69.3 cm³/mol. The van der Waals surface area contributed by atoms with Crippen LogP contribution in [0.2, 0.25) is 0 Å². The van der Waals surface area contributed by atoms with Crippen molar-refractivity contribution in [2.75, 3.05) is 5.32 Å². The van der Waals surface area contributed by atoms with E-state index < -0.39 is 10.7 Å². The standard InChI is InChI=1S/C11H9BrFN3O3/c1-6-2-7(19-15-6)5-14-10-3-8(12)9(13)4-11(10)16(17)18/h2-4,14H,5H2,1H3. The third-order valence-electron chi connectivity index (χ3n) is 2.37. The number of anilines is 1. The minimum atomic E-state index is -0.687. The Morgan fingerprint density at radius 1 is 1.53 bits per heavy atom. The number of rotatable bonds is 4. The molecule has 0 bridgehead atoms. The van der Waals surface area contributed by atoms with Crippen LogP contribution in [0.3, 0.4) is 0 Å². The quantitative estimate of drug-likeness (QED) is 0.686. The second-order valence-corrected chi connectivity index (χ2v) is 4.68. The highest BCUT2D eigenvalue weighted by molar-refractivity contribution is 9.10. The van der Waals surface area contributed by atoms with E-state index >= 15 is 0 Å². The summed E-state index contributed by atoms with van der Waals surface area (Å²) in [7, 11) is 0. The molecule has 0 fully saturated rings. The Balaban J connectivity index is 2.23. The molecule has 0 unspecified atom stereocenters. The van der Waals surface area contributed by atoms with Crippen molar-refractivity contribution in [2.45, 2.75) is 13.5 Å².